The second-order valence-corrected chi connectivity index (χ2v) is 7.61. The maximum atomic E-state index is 12.6. The van der Waals surface area contributed by atoms with E-state index in [-0.39, 0.29) is 12.5 Å². The van der Waals surface area contributed by atoms with Gasteiger partial charge in [0.1, 0.15) is 6.54 Å². The average molecular weight is 487 g/mol. The van der Waals surface area contributed by atoms with Crippen LogP contribution in [0.15, 0.2) is 47.5 Å². The van der Waals surface area contributed by atoms with E-state index in [1.807, 2.05) is 24.3 Å². The maximum absolute atomic E-state index is 12.6. The quantitative estimate of drug-likeness (QED) is 0.417. The number of fused-ring (bicyclic) bond motifs is 1. The Kier molecular flexibility index (Phi) is 5.55. The fourth-order valence-electron chi connectivity index (χ4n) is 2.29. The number of benzene rings is 2. The Labute approximate surface area is 166 Å². The second kappa shape index (κ2) is 7.67. The van der Waals surface area contributed by atoms with E-state index in [9.17, 15) is 9.59 Å². The van der Waals surface area contributed by atoms with E-state index in [0.717, 1.165) is 8.27 Å². The number of amides is 1. The summed E-state index contributed by atoms with van der Waals surface area (Å²) in [6.07, 6.45) is 0. The third-order valence-corrected chi connectivity index (χ3v) is 5.76. The number of hydrogen-bond donors (Lipinski definition) is 0. The molecule has 1 heterocycles. The molecule has 0 saturated heterocycles. The summed E-state index contributed by atoms with van der Waals surface area (Å²) in [6.45, 7) is -0.0712. The molecular formula is C17H12ClIN2O3S. The van der Waals surface area contributed by atoms with Gasteiger partial charge >= 0.3 is 5.97 Å². The first kappa shape index (κ1) is 18.1. The van der Waals surface area contributed by atoms with E-state index in [2.05, 4.69) is 27.6 Å². The van der Waals surface area contributed by atoms with Crippen LogP contribution >= 0.6 is 45.5 Å². The van der Waals surface area contributed by atoms with Crippen molar-refractivity contribution in [2.45, 2.75) is 6.54 Å². The zero-order valence-electron chi connectivity index (χ0n) is 13.0. The van der Waals surface area contributed by atoms with Crippen molar-refractivity contribution in [1.82, 2.24) is 4.57 Å². The van der Waals surface area contributed by atoms with E-state index < -0.39 is 5.97 Å². The van der Waals surface area contributed by atoms with E-state index >= 15 is 0 Å². The Morgan fingerprint density at radius 2 is 2.00 bits per heavy atom. The minimum absolute atomic E-state index is 0.0712. The highest BCUT2D eigenvalue weighted by molar-refractivity contribution is 14.1. The second-order valence-electron chi connectivity index (χ2n) is 5.03. The number of carbonyl (C=O) groups excluding carboxylic acids is 2. The Balaban J connectivity index is 2.19. The van der Waals surface area contributed by atoms with Gasteiger partial charge in [-0.25, -0.2) is 0 Å². The van der Waals surface area contributed by atoms with Gasteiger partial charge in [-0.2, -0.15) is 4.99 Å². The van der Waals surface area contributed by atoms with Crippen LogP contribution in [0, 0.1) is 3.57 Å². The number of thiazole rings is 1. The zero-order chi connectivity index (χ0) is 18.0. The summed E-state index contributed by atoms with van der Waals surface area (Å²) in [5.74, 6) is -0.811. The summed E-state index contributed by atoms with van der Waals surface area (Å²) in [6, 6.07) is 12.6. The third kappa shape index (κ3) is 3.78. The molecule has 0 atom stereocenters. The molecule has 0 saturated carbocycles. The fraction of sp³-hybridized carbons (Fsp3) is 0.118. The van der Waals surface area contributed by atoms with Gasteiger partial charge in [0.25, 0.3) is 5.91 Å². The highest BCUT2D eigenvalue weighted by Gasteiger charge is 2.15. The smallest absolute Gasteiger partial charge is 0.325 e. The predicted molar refractivity (Wildman–Crippen MR) is 106 cm³/mol. The SMILES string of the molecule is COC(=O)Cn1c(=NC(=O)c2ccccc2I)sc2cccc(Cl)c21. The standard InChI is InChI=1S/C17H12ClIN2O3S/c1-24-14(22)9-21-15-11(18)6-4-8-13(15)25-17(21)20-16(23)10-5-2-3-7-12(10)19/h2-8H,9H2,1H3. The van der Waals surface area contributed by atoms with Crippen LogP contribution in [0.3, 0.4) is 0 Å². The molecule has 0 N–H and O–H groups in total. The first-order valence-corrected chi connectivity index (χ1v) is 9.47. The zero-order valence-corrected chi connectivity index (χ0v) is 16.8. The molecule has 1 aromatic heterocycles. The number of carbonyl (C=O) groups is 2. The fourth-order valence-corrected chi connectivity index (χ4v) is 4.30. The third-order valence-electron chi connectivity index (χ3n) is 3.47. The summed E-state index contributed by atoms with van der Waals surface area (Å²) in [5.41, 5.74) is 1.17. The van der Waals surface area contributed by atoms with Gasteiger partial charge in [-0.1, -0.05) is 41.1 Å². The number of para-hydroxylation sites is 1. The van der Waals surface area contributed by atoms with Crippen molar-refractivity contribution in [1.29, 1.82) is 0 Å². The topological polar surface area (TPSA) is 60.7 Å². The molecule has 0 spiro atoms. The summed E-state index contributed by atoms with van der Waals surface area (Å²) in [4.78, 5) is 29.0. The number of hydrogen-bond acceptors (Lipinski definition) is 4. The van der Waals surface area contributed by atoms with Crippen molar-refractivity contribution in [2.24, 2.45) is 4.99 Å². The number of halogens is 2. The highest BCUT2D eigenvalue weighted by atomic mass is 127. The van der Waals surface area contributed by atoms with Crippen molar-refractivity contribution in [3.05, 3.63) is 61.4 Å². The number of esters is 1. The normalized spacial score (nSPS) is 11.7. The van der Waals surface area contributed by atoms with Crippen molar-refractivity contribution in [2.75, 3.05) is 7.11 Å². The molecule has 8 heteroatoms. The van der Waals surface area contributed by atoms with Crippen LogP contribution in [0.2, 0.25) is 5.02 Å². The van der Waals surface area contributed by atoms with Gasteiger partial charge in [-0.15, -0.1) is 0 Å². The Morgan fingerprint density at radius 3 is 2.72 bits per heavy atom. The minimum Gasteiger partial charge on any atom is -0.468 e. The van der Waals surface area contributed by atoms with Crippen LogP contribution in [-0.2, 0) is 16.1 Å². The number of aromatic nitrogens is 1. The maximum Gasteiger partial charge on any atom is 0.325 e. The Bertz CT molecular complexity index is 1040. The lowest BCUT2D eigenvalue weighted by Gasteiger charge is -2.05. The number of nitrogens with zero attached hydrogens (tertiary/aromatic N) is 2. The predicted octanol–water partition coefficient (Wildman–Crippen LogP) is 3.87. The first-order valence-electron chi connectivity index (χ1n) is 7.19. The van der Waals surface area contributed by atoms with Crippen molar-refractivity contribution in [3.63, 3.8) is 0 Å². The molecule has 0 unspecified atom stereocenters. The van der Waals surface area contributed by atoms with E-state index in [4.69, 9.17) is 16.3 Å². The van der Waals surface area contributed by atoms with Gasteiger partial charge in [0, 0.05) is 3.57 Å². The molecule has 0 aliphatic rings. The Morgan fingerprint density at radius 1 is 1.24 bits per heavy atom. The largest absolute Gasteiger partial charge is 0.468 e. The molecule has 2 aromatic carbocycles. The number of rotatable bonds is 3. The Hall–Kier alpha value is -1.71. The molecule has 3 aromatic rings. The van der Waals surface area contributed by atoms with E-state index in [1.54, 1.807) is 22.8 Å². The summed E-state index contributed by atoms with van der Waals surface area (Å²) in [5, 5.41) is 0.487. The summed E-state index contributed by atoms with van der Waals surface area (Å²) >= 11 is 9.68. The van der Waals surface area contributed by atoms with Crippen LogP contribution in [-0.4, -0.2) is 23.6 Å². The van der Waals surface area contributed by atoms with Gasteiger partial charge in [0.15, 0.2) is 4.80 Å². The number of ether oxygens (including phenoxy) is 1. The minimum atomic E-state index is -0.442. The molecule has 0 radical (unpaired) electrons. The molecule has 25 heavy (non-hydrogen) atoms. The van der Waals surface area contributed by atoms with Gasteiger partial charge in [0.2, 0.25) is 0 Å². The van der Waals surface area contributed by atoms with Crippen LogP contribution in [0.1, 0.15) is 10.4 Å². The molecule has 5 nitrogen and oxygen atoms in total. The first-order chi connectivity index (χ1) is 12.0. The van der Waals surface area contributed by atoms with Crippen molar-refractivity contribution in [3.8, 4) is 0 Å². The van der Waals surface area contributed by atoms with Gasteiger partial charge in [-0.05, 0) is 46.9 Å². The molecule has 1 amide bonds. The average Bonchev–Trinajstić information content (AvgIpc) is 2.93. The highest BCUT2D eigenvalue weighted by Crippen LogP contribution is 2.25. The lowest BCUT2D eigenvalue weighted by Crippen LogP contribution is -2.22. The molecular weight excluding hydrogens is 475 g/mol. The molecule has 3 rings (SSSR count). The molecule has 0 bridgehead atoms. The lowest BCUT2D eigenvalue weighted by atomic mass is 10.2. The molecule has 0 fully saturated rings. The van der Waals surface area contributed by atoms with Crippen molar-refractivity contribution >= 4 is 67.6 Å². The van der Waals surface area contributed by atoms with Gasteiger partial charge in [-0.3, -0.25) is 9.59 Å². The molecule has 128 valence electrons. The van der Waals surface area contributed by atoms with Crippen LogP contribution in [0.4, 0.5) is 0 Å². The lowest BCUT2D eigenvalue weighted by molar-refractivity contribution is -0.141. The molecule has 0 aliphatic carbocycles. The van der Waals surface area contributed by atoms with Crippen LogP contribution < -0.4 is 4.80 Å². The van der Waals surface area contributed by atoms with Crippen LogP contribution in [0.5, 0.6) is 0 Å². The van der Waals surface area contributed by atoms with E-state index in [0.29, 0.717) is 20.9 Å². The van der Waals surface area contributed by atoms with Crippen LogP contribution in [0.25, 0.3) is 10.2 Å². The summed E-state index contributed by atoms with van der Waals surface area (Å²) < 4.78 is 8.01. The van der Waals surface area contributed by atoms with E-state index in [1.165, 1.54) is 18.4 Å². The van der Waals surface area contributed by atoms with Crippen molar-refractivity contribution < 1.29 is 14.3 Å². The van der Waals surface area contributed by atoms with Gasteiger partial charge in [0.05, 0.1) is 27.9 Å². The van der Waals surface area contributed by atoms with Gasteiger partial charge < -0.3 is 9.30 Å². The monoisotopic (exact) mass is 486 g/mol. The molecule has 0 aliphatic heterocycles. The number of methoxy groups -OCH3 is 1. The summed E-state index contributed by atoms with van der Waals surface area (Å²) in [7, 11) is 1.31.